The lowest BCUT2D eigenvalue weighted by Crippen LogP contribution is -2.35. The van der Waals surface area contributed by atoms with Crippen molar-refractivity contribution in [1.82, 2.24) is 19.6 Å². The fourth-order valence-corrected chi connectivity index (χ4v) is 2.92. The second-order valence-electron chi connectivity index (χ2n) is 6.20. The van der Waals surface area contributed by atoms with Gasteiger partial charge in [-0.1, -0.05) is 6.08 Å². The molecular formula is C19H23FN4O2. The summed E-state index contributed by atoms with van der Waals surface area (Å²) in [5.41, 5.74) is 0.407. The molecule has 1 amide bonds. The van der Waals surface area contributed by atoms with E-state index in [4.69, 9.17) is 4.74 Å². The average Bonchev–Trinajstić information content (AvgIpc) is 3.00. The summed E-state index contributed by atoms with van der Waals surface area (Å²) in [7, 11) is 0. The van der Waals surface area contributed by atoms with E-state index in [0.717, 1.165) is 32.6 Å². The Morgan fingerprint density at radius 2 is 2.00 bits per heavy atom. The Labute approximate surface area is 152 Å². The monoisotopic (exact) mass is 358 g/mol. The molecule has 1 aliphatic rings. The lowest BCUT2D eigenvalue weighted by atomic mass is 10.3. The van der Waals surface area contributed by atoms with Gasteiger partial charge in [0.15, 0.2) is 12.4 Å². The van der Waals surface area contributed by atoms with Gasteiger partial charge in [0.25, 0.3) is 5.91 Å². The Hall–Kier alpha value is -2.67. The number of aromatic nitrogens is 2. The predicted molar refractivity (Wildman–Crippen MR) is 96.4 cm³/mol. The van der Waals surface area contributed by atoms with Crippen molar-refractivity contribution in [2.75, 3.05) is 32.7 Å². The first-order chi connectivity index (χ1) is 12.7. The zero-order chi connectivity index (χ0) is 18.4. The van der Waals surface area contributed by atoms with Crippen LogP contribution in [0.1, 0.15) is 16.9 Å². The van der Waals surface area contributed by atoms with Gasteiger partial charge in [0.05, 0.1) is 0 Å². The summed E-state index contributed by atoms with van der Waals surface area (Å²) in [5.74, 6) is 0.170. The standard InChI is InChI=1S/C19H23FN4O2/c1-2-9-22-10-3-11-23(14-13-22)19(25)18-8-12-24(21-18)15-26-17-6-4-16(20)5-7-17/h2,4-8,12H,1,3,9-11,13-15H2. The molecule has 7 heteroatoms. The number of halogens is 1. The van der Waals surface area contributed by atoms with Gasteiger partial charge in [0.2, 0.25) is 0 Å². The fraction of sp³-hybridized carbons (Fsp3) is 0.368. The second kappa shape index (κ2) is 8.62. The van der Waals surface area contributed by atoms with Crippen LogP contribution in [-0.4, -0.2) is 58.2 Å². The van der Waals surface area contributed by atoms with Crippen LogP contribution in [0.15, 0.2) is 49.2 Å². The first kappa shape index (κ1) is 18.1. The van der Waals surface area contributed by atoms with Crippen LogP contribution in [0.3, 0.4) is 0 Å². The Bertz CT molecular complexity index is 744. The highest BCUT2D eigenvalue weighted by Gasteiger charge is 2.21. The number of amides is 1. The first-order valence-electron chi connectivity index (χ1n) is 8.70. The Morgan fingerprint density at radius 3 is 2.77 bits per heavy atom. The highest BCUT2D eigenvalue weighted by atomic mass is 19.1. The maximum absolute atomic E-state index is 12.9. The minimum absolute atomic E-state index is 0.0639. The van der Waals surface area contributed by atoms with Gasteiger partial charge < -0.3 is 9.64 Å². The summed E-state index contributed by atoms with van der Waals surface area (Å²) in [6, 6.07) is 7.47. The van der Waals surface area contributed by atoms with Gasteiger partial charge in [-0.2, -0.15) is 5.10 Å². The number of carbonyl (C=O) groups excluding carboxylic acids is 1. The van der Waals surface area contributed by atoms with Gasteiger partial charge >= 0.3 is 0 Å². The molecule has 3 rings (SSSR count). The molecule has 2 heterocycles. The number of hydrogen-bond acceptors (Lipinski definition) is 4. The molecule has 1 fully saturated rings. The summed E-state index contributed by atoms with van der Waals surface area (Å²) < 4.78 is 20.0. The lowest BCUT2D eigenvalue weighted by Gasteiger charge is -2.20. The zero-order valence-corrected chi connectivity index (χ0v) is 14.7. The zero-order valence-electron chi connectivity index (χ0n) is 14.7. The SMILES string of the molecule is C=CCN1CCCN(C(=O)c2ccn(COc3ccc(F)cc3)n2)CC1. The number of nitrogens with zero attached hydrogens (tertiary/aromatic N) is 4. The molecule has 2 aromatic rings. The van der Waals surface area contributed by atoms with Crippen molar-refractivity contribution < 1.29 is 13.9 Å². The van der Waals surface area contributed by atoms with Crippen LogP contribution >= 0.6 is 0 Å². The number of carbonyl (C=O) groups is 1. The third-order valence-corrected chi connectivity index (χ3v) is 4.30. The van der Waals surface area contributed by atoms with Crippen molar-refractivity contribution in [3.8, 4) is 5.75 Å². The molecule has 1 aromatic carbocycles. The van der Waals surface area contributed by atoms with E-state index in [-0.39, 0.29) is 18.5 Å². The minimum Gasteiger partial charge on any atom is -0.471 e. The number of rotatable bonds is 6. The molecule has 1 aromatic heterocycles. The van der Waals surface area contributed by atoms with Crippen LogP contribution in [0.5, 0.6) is 5.75 Å². The molecule has 0 bridgehead atoms. The van der Waals surface area contributed by atoms with Gasteiger partial charge in [-0.05, 0) is 36.8 Å². The van der Waals surface area contributed by atoms with E-state index < -0.39 is 0 Å². The van der Waals surface area contributed by atoms with Crippen LogP contribution in [0.2, 0.25) is 0 Å². The number of benzene rings is 1. The van der Waals surface area contributed by atoms with E-state index in [1.807, 2.05) is 11.0 Å². The Morgan fingerprint density at radius 1 is 1.19 bits per heavy atom. The Kier molecular flexibility index (Phi) is 6.01. The smallest absolute Gasteiger partial charge is 0.274 e. The van der Waals surface area contributed by atoms with E-state index in [2.05, 4.69) is 16.6 Å². The van der Waals surface area contributed by atoms with Crippen LogP contribution in [0.25, 0.3) is 0 Å². The molecule has 0 saturated carbocycles. The molecule has 6 nitrogen and oxygen atoms in total. The summed E-state index contributed by atoms with van der Waals surface area (Å²) in [6.45, 7) is 7.99. The van der Waals surface area contributed by atoms with E-state index >= 15 is 0 Å². The van der Waals surface area contributed by atoms with Crippen LogP contribution in [-0.2, 0) is 6.73 Å². The third kappa shape index (κ3) is 4.70. The summed E-state index contributed by atoms with van der Waals surface area (Å²) in [5, 5.41) is 4.30. The topological polar surface area (TPSA) is 50.6 Å². The molecule has 0 N–H and O–H groups in total. The molecule has 26 heavy (non-hydrogen) atoms. The summed E-state index contributed by atoms with van der Waals surface area (Å²) in [6.07, 6.45) is 4.53. The normalized spacial score (nSPS) is 15.5. The summed E-state index contributed by atoms with van der Waals surface area (Å²) >= 11 is 0. The van der Waals surface area contributed by atoms with E-state index in [1.54, 1.807) is 29.1 Å². The van der Waals surface area contributed by atoms with Crippen LogP contribution in [0, 0.1) is 5.82 Å². The van der Waals surface area contributed by atoms with Crippen LogP contribution in [0.4, 0.5) is 4.39 Å². The van der Waals surface area contributed by atoms with E-state index in [9.17, 15) is 9.18 Å². The molecule has 0 atom stereocenters. The molecule has 0 unspecified atom stereocenters. The van der Waals surface area contributed by atoms with E-state index in [1.165, 1.54) is 12.1 Å². The quantitative estimate of drug-likeness (QED) is 0.744. The predicted octanol–water partition coefficient (Wildman–Crippen LogP) is 2.39. The number of hydrogen-bond donors (Lipinski definition) is 0. The van der Waals surface area contributed by atoms with Crippen molar-refractivity contribution in [2.24, 2.45) is 0 Å². The molecule has 1 aliphatic heterocycles. The largest absolute Gasteiger partial charge is 0.471 e. The first-order valence-corrected chi connectivity index (χ1v) is 8.70. The molecule has 138 valence electrons. The molecule has 0 radical (unpaired) electrons. The van der Waals surface area contributed by atoms with Crippen molar-refractivity contribution in [3.05, 3.63) is 60.7 Å². The van der Waals surface area contributed by atoms with Crippen molar-refractivity contribution >= 4 is 5.91 Å². The summed E-state index contributed by atoms with van der Waals surface area (Å²) in [4.78, 5) is 16.8. The van der Waals surface area contributed by atoms with Gasteiger partial charge in [0, 0.05) is 38.9 Å². The molecule has 0 aliphatic carbocycles. The minimum atomic E-state index is -0.312. The maximum atomic E-state index is 12.9. The Balaban J connectivity index is 1.55. The van der Waals surface area contributed by atoms with Crippen molar-refractivity contribution in [2.45, 2.75) is 13.2 Å². The highest BCUT2D eigenvalue weighted by Crippen LogP contribution is 2.12. The third-order valence-electron chi connectivity index (χ3n) is 4.30. The average molecular weight is 358 g/mol. The fourth-order valence-electron chi connectivity index (χ4n) is 2.92. The lowest BCUT2D eigenvalue weighted by molar-refractivity contribution is 0.0754. The molecule has 0 spiro atoms. The van der Waals surface area contributed by atoms with Gasteiger partial charge in [-0.25, -0.2) is 9.07 Å². The van der Waals surface area contributed by atoms with Gasteiger partial charge in [0.1, 0.15) is 11.6 Å². The maximum Gasteiger partial charge on any atom is 0.274 e. The number of ether oxygens (including phenoxy) is 1. The highest BCUT2D eigenvalue weighted by molar-refractivity contribution is 5.92. The van der Waals surface area contributed by atoms with Crippen molar-refractivity contribution in [3.63, 3.8) is 0 Å². The van der Waals surface area contributed by atoms with E-state index in [0.29, 0.717) is 18.0 Å². The van der Waals surface area contributed by atoms with Crippen molar-refractivity contribution in [1.29, 1.82) is 0 Å². The molecular weight excluding hydrogens is 335 g/mol. The van der Waals surface area contributed by atoms with Gasteiger partial charge in [-0.3, -0.25) is 9.69 Å². The second-order valence-corrected chi connectivity index (χ2v) is 6.20. The molecule has 1 saturated heterocycles. The van der Waals surface area contributed by atoms with Crippen LogP contribution < -0.4 is 4.74 Å². The van der Waals surface area contributed by atoms with Gasteiger partial charge in [-0.15, -0.1) is 6.58 Å².